The maximum absolute atomic E-state index is 12.9. The maximum Gasteiger partial charge on any atom is 0.160 e. The molecule has 0 spiro atoms. The summed E-state index contributed by atoms with van der Waals surface area (Å²) in [7, 11) is 0. The number of para-hydroxylation sites is 1. The van der Waals surface area contributed by atoms with Crippen LogP contribution >= 0.6 is 22.6 Å². The van der Waals surface area contributed by atoms with Crippen LogP contribution in [-0.4, -0.2) is 9.97 Å². The van der Waals surface area contributed by atoms with Gasteiger partial charge in [0.1, 0.15) is 9.52 Å². The van der Waals surface area contributed by atoms with Gasteiger partial charge in [-0.15, -0.1) is 0 Å². The molecule has 18 heavy (non-hydrogen) atoms. The third kappa shape index (κ3) is 2.08. The molecule has 0 saturated heterocycles. The molecule has 3 aromatic rings. The average Bonchev–Trinajstić information content (AvgIpc) is 2.39. The molecular weight excluding hydrogens is 342 g/mol. The molecule has 3 rings (SSSR count). The van der Waals surface area contributed by atoms with Crippen molar-refractivity contribution in [3.63, 3.8) is 0 Å². The van der Waals surface area contributed by atoms with Gasteiger partial charge in [0, 0.05) is 10.9 Å². The van der Waals surface area contributed by atoms with Gasteiger partial charge in [0.2, 0.25) is 0 Å². The van der Waals surface area contributed by atoms with Gasteiger partial charge in [-0.3, -0.25) is 0 Å². The molecule has 0 saturated carbocycles. The Labute approximate surface area is 117 Å². The van der Waals surface area contributed by atoms with Crippen LogP contribution in [0.2, 0.25) is 0 Å². The number of hydrogen-bond donors (Lipinski definition) is 0. The van der Waals surface area contributed by atoms with Crippen molar-refractivity contribution in [1.29, 1.82) is 0 Å². The summed E-state index contributed by atoms with van der Waals surface area (Å²) in [4.78, 5) is 8.95. The molecule has 4 heteroatoms. The van der Waals surface area contributed by atoms with E-state index in [1.54, 1.807) is 12.1 Å². The van der Waals surface area contributed by atoms with Crippen LogP contribution in [-0.2, 0) is 0 Å². The minimum absolute atomic E-state index is 0.255. The lowest BCUT2D eigenvalue weighted by atomic mass is 10.2. The van der Waals surface area contributed by atoms with E-state index in [9.17, 15) is 4.39 Å². The van der Waals surface area contributed by atoms with Gasteiger partial charge in [-0.1, -0.05) is 18.2 Å². The van der Waals surface area contributed by atoms with Crippen molar-refractivity contribution in [2.75, 3.05) is 0 Å². The highest BCUT2D eigenvalue weighted by Crippen LogP contribution is 2.22. The van der Waals surface area contributed by atoms with Gasteiger partial charge < -0.3 is 0 Å². The van der Waals surface area contributed by atoms with Crippen molar-refractivity contribution in [3.8, 4) is 11.4 Å². The molecular formula is C14H8FIN2. The monoisotopic (exact) mass is 350 g/mol. The van der Waals surface area contributed by atoms with Crippen LogP contribution in [0.5, 0.6) is 0 Å². The molecule has 88 valence electrons. The Bertz CT molecular complexity index is 711. The topological polar surface area (TPSA) is 25.8 Å². The Kier molecular flexibility index (Phi) is 2.95. The van der Waals surface area contributed by atoms with Gasteiger partial charge in [-0.25, -0.2) is 14.4 Å². The van der Waals surface area contributed by atoms with Crippen LogP contribution in [0.1, 0.15) is 0 Å². The first-order valence-corrected chi connectivity index (χ1v) is 6.50. The second-order valence-corrected chi connectivity index (χ2v) is 4.88. The Balaban J connectivity index is 2.21. The highest BCUT2D eigenvalue weighted by Gasteiger charge is 2.06. The smallest absolute Gasteiger partial charge is 0.160 e. The number of halogens is 2. The molecule has 0 aliphatic carbocycles. The largest absolute Gasteiger partial charge is 0.228 e. The maximum atomic E-state index is 12.9. The van der Waals surface area contributed by atoms with Crippen LogP contribution in [0.15, 0.2) is 48.5 Å². The zero-order chi connectivity index (χ0) is 12.5. The van der Waals surface area contributed by atoms with Gasteiger partial charge in [0.25, 0.3) is 0 Å². The molecule has 0 aliphatic rings. The predicted molar refractivity (Wildman–Crippen MR) is 77.6 cm³/mol. The molecule has 1 aromatic heterocycles. The van der Waals surface area contributed by atoms with Gasteiger partial charge in [-0.05, 0) is 52.9 Å². The lowest BCUT2D eigenvalue weighted by Gasteiger charge is -2.04. The molecule has 2 nitrogen and oxygen atoms in total. The Morgan fingerprint density at radius 3 is 2.39 bits per heavy atom. The van der Waals surface area contributed by atoms with Gasteiger partial charge >= 0.3 is 0 Å². The first kappa shape index (κ1) is 11.5. The summed E-state index contributed by atoms with van der Waals surface area (Å²) in [6, 6.07) is 14.1. The molecule has 2 aromatic carbocycles. The Morgan fingerprint density at radius 1 is 0.889 bits per heavy atom. The highest BCUT2D eigenvalue weighted by atomic mass is 127. The number of aromatic nitrogens is 2. The standard InChI is InChI=1S/C14H8FIN2/c15-10-7-5-9(6-8-10)14-17-12-4-2-1-3-11(12)13(16)18-14/h1-8H. The molecule has 0 aliphatic heterocycles. The first-order valence-electron chi connectivity index (χ1n) is 5.42. The molecule has 1 heterocycles. The molecule has 0 radical (unpaired) electrons. The van der Waals surface area contributed by atoms with Crippen LogP contribution in [0, 0.1) is 9.52 Å². The van der Waals surface area contributed by atoms with Crippen molar-refractivity contribution in [2.45, 2.75) is 0 Å². The van der Waals surface area contributed by atoms with E-state index in [-0.39, 0.29) is 5.82 Å². The zero-order valence-electron chi connectivity index (χ0n) is 9.27. The first-order chi connectivity index (χ1) is 8.74. The third-order valence-electron chi connectivity index (χ3n) is 2.66. The number of hydrogen-bond acceptors (Lipinski definition) is 2. The fourth-order valence-corrected chi connectivity index (χ4v) is 2.45. The van der Waals surface area contributed by atoms with Crippen molar-refractivity contribution < 1.29 is 4.39 Å². The Hall–Kier alpha value is -1.56. The highest BCUT2D eigenvalue weighted by molar-refractivity contribution is 14.1. The number of nitrogens with zero attached hydrogens (tertiary/aromatic N) is 2. The molecule has 0 unspecified atom stereocenters. The predicted octanol–water partition coefficient (Wildman–Crippen LogP) is 4.04. The summed E-state index contributed by atoms with van der Waals surface area (Å²) >= 11 is 2.19. The quantitative estimate of drug-likeness (QED) is 0.489. The molecule has 0 N–H and O–H groups in total. The van der Waals surface area contributed by atoms with E-state index < -0.39 is 0 Å². The van der Waals surface area contributed by atoms with E-state index in [0.717, 1.165) is 20.2 Å². The van der Waals surface area contributed by atoms with Crippen LogP contribution in [0.25, 0.3) is 22.3 Å². The summed E-state index contributed by atoms with van der Waals surface area (Å²) in [6.45, 7) is 0. The van der Waals surface area contributed by atoms with Gasteiger partial charge in [-0.2, -0.15) is 0 Å². The summed E-state index contributed by atoms with van der Waals surface area (Å²) in [5, 5.41) is 1.03. The molecule has 0 bridgehead atoms. The molecule has 0 atom stereocenters. The summed E-state index contributed by atoms with van der Waals surface area (Å²) < 4.78 is 13.8. The van der Waals surface area contributed by atoms with E-state index in [1.807, 2.05) is 24.3 Å². The number of fused-ring (bicyclic) bond motifs is 1. The van der Waals surface area contributed by atoms with E-state index >= 15 is 0 Å². The summed E-state index contributed by atoms with van der Waals surface area (Å²) in [5.41, 5.74) is 1.72. The van der Waals surface area contributed by atoms with Gasteiger partial charge in [0.15, 0.2) is 5.82 Å². The Morgan fingerprint density at radius 2 is 1.61 bits per heavy atom. The van der Waals surface area contributed by atoms with Crippen molar-refractivity contribution in [3.05, 3.63) is 58.0 Å². The lowest BCUT2D eigenvalue weighted by Crippen LogP contribution is -1.94. The van der Waals surface area contributed by atoms with Crippen LogP contribution in [0.3, 0.4) is 0 Å². The fourth-order valence-electron chi connectivity index (χ4n) is 1.77. The summed E-state index contributed by atoms with van der Waals surface area (Å²) in [6.07, 6.45) is 0. The normalized spacial score (nSPS) is 10.8. The second kappa shape index (κ2) is 4.61. The van der Waals surface area contributed by atoms with Crippen molar-refractivity contribution in [1.82, 2.24) is 9.97 Å². The zero-order valence-corrected chi connectivity index (χ0v) is 11.4. The molecule has 0 fully saturated rings. The fraction of sp³-hybridized carbons (Fsp3) is 0. The van der Waals surface area contributed by atoms with E-state index in [0.29, 0.717) is 5.82 Å². The van der Waals surface area contributed by atoms with E-state index in [1.165, 1.54) is 12.1 Å². The van der Waals surface area contributed by atoms with Crippen LogP contribution in [0.4, 0.5) is 4.39 Å². The minimum Gasteiger partial charge on any atom is -0.228 e. The van der Waals surface area contributed by atoms with Gasteiger partial charge in [0.05, 0.1) is 5.52 Å². The van der Waals surface area contributed by atoms with Crippen molar-refractivity contribution in [2.24, 2.45) is 0 Å². The lowest BCUT2D eigenvalue weighted by molar-refractivity contribution is 0.628. The summed E-state index contributed by atoms with van der Waals surface area (Å²) in [5.74, 6) is 0.368. The number of benzene rings is 2. The SMILES string of the molecule is Fc1ccc(-c2nc(I)c3ccccc3n2)cc1. The van der Waals surface area contributed by atoms with Crippen molar-refractivity contribution >= 4 is 33.5 Å². The second-order valence-electron chi connectivity index (χ2n) is 3.86. The third-order valence-corrected chi connectivity index (χ3v) is 3.48. The minimum atomic E-state index is -0.255. The van der Waals surface area contributed by atoms with E-state index in [4.69, 9.17) is 0 Å². The molecule has 0 amide bonds. The number of rotatable bonds is 1. The average molecular weight is 350 g/mol. The van der Waals surface area contributed by atoms with E-state index in [2.05, 4.69) is 32.6 Å². The van der Waals surface area contributed by atoms with Crippen LogP contribution < -0.4 is 0 Å².